The van der Waals surface area contributed by atoms with Crippen molar-refractivity contribution >= 4 is 29.0 Å². The lowest BCUT2D eigenvalue weighted by Crippen LogP contribution is -2.13. The van der Waals surface area contributed by atoms with E-state index in [0.29, 0.717) is 28.8 Å². The number of pyridine rings is 1. The van der Waals surface area contributed by atoms with Crippen molar-refractivity contribution in [2.45, 2.75) is 26.2 Å². The molecule has 0 spiro atoms. The molecule has 0 aliphatic carbocycles. The number of thioether (sulfide) groups is 1. The summed E-state index contributed by atoms with van der Waals surface area (Å²) in [6.45, 7) is 4.29. The molecular formula is C21H24FN5O2S. The molecule has 2 heterocycles. The number of amidine groups is 1. The Morgan fingerprint density at radius 3 is 2.87 bits per heavy atom. The van der Waals surface area contributed by atoms with Gasteiger partial charge in [-0.3, -0.25) is 4.98 Å². The van der Waals surface area contributed by atoms with Crippen LogP contribution in [-0.4, -0.2) is 48.0 Å². The highest BCUT2D eigenvalue weighted by atomic mass is 32.2. The average Bonchev–Trinajstić information content (AvgIpc) is 2.73. The number of nitrogens with zero attached hydrogens (tertiary/aromatic N) is 5. The maximum absolute atomic E-state index is 14.0. The molecule has 0 saturated carbocycles. The molecule has 0 fully saturated rings. The van der Waals surface area contributed by atoms with Gasteiger partial charge in [0.1, 0.15) is 11.6 Å². The number of halogens is 1. The molecule has 7 nitrogen and oxygen atoms in total. The van der Waals surface area contributed by atoms with Gasteiger partial charge >= 0.3 is 0 Å². The smallest absolute Gasteiger partial charge is 0.210 e. The van der Waals surface area contributed by atoms with Gasteiger partial charge in [-0.1, -0.05) is 11.8 Å². The zero-order valence-electron chi connectivity index (χ0n) is 17.4. The van der Waals surface area contributed by atoms with Gasteiger partial charge in [-0.15, -0.1) is 5.10 Å². The fourth-order valence-electron chi connectivity index (χ4n) is 2.62. The summed E-state index contributed by atoms with van der Waals surface area (Å²) in [6, 6.07) is 6.78. The van der Waals surface area contributed by atoms with E-state index in [1.165, 1.54) is 23.9 Å². The maximum Gasteiger partial charge on any atom is 0.210 e. The van der Waals surface area contributed by atoms with Crippen LogP contribution in [-0.2, 0) is 17.1 Å². The standard InChI is InChI=1S/C21H24FN5O2S/c1-14-5-6-16(9-23-14)15(2)25-26-21(24-12-27(3)4)30-11-18-8-19(22)7-17-10-28-13-29-20(17)18/h5-9,12H,10-11,13H2,1-4H3/b24-12+,25-15+,26-21+. The minimum Gasteiger partial charge on any atom is -0.467 e. The van der Waals surface area contributed by atoms with Crippen LogP contribution < -0.4 is 4.74 Å². The predicted molar refractivity (Wildman–Crippen MR) is 119 cm³/mol. The number of aryl methyl sites for hydroxylation is 1. The number of ether oxygens (including phenoxy) is 2. The van der Waals surface area contributed by atoms with E-state index in [4.69, 9.17) is 9.47 Å². The van der Waals surface area contributed by atoms with Crippen molar-refractivity contribution < 1.29 is 13.9 Å². The van der Waals surface area contributed by atoms with Crippen molar-refractivity contribution in [1.82, 2.24) is 9.88 Å². The van der Waals surface area contributed by atoms with E-state index < -0.39 is 0 Å². The first-order valence-corrected chi connectivity index (χ1v) is 10.3. The van der Waals surface area contributed by atoms with Crippen molar-refractivity contribution in [2.75, 3.05) is 20.9 Å². The summed E-state index contributed by atoms with van der Waals surface area (Å²) >= 11 is 1.35. The number of aliphatic imine (C=N–C) groups is 1. The van der Waals surface area contributed by atoms with Gasteiger partial charge in [-0.25, -0.2) is 9.38 Å². The van der Waals surface area contributed by atoms with Crippen LogP contribution in [0.15, 0.2) is 45.7 Å². The molecule has 0 saturated heterocycles. The lowest BCUT2D eigenvalue weighted by Gasteiger charge is -2.20. The van der Waals surface area contributed by atoms with Crippen LogP contribution in [0.5, 0.6) is 5.75 Å². The molecule has 30 heavy (non-hydrogen) atoms. The van der Waals surface area contributed by atoms with Gasteiger partial charge < -0.3 is 14.4 Å². The molecule has 1 aromatic carbocycles. The largest absolute Gasteiger partial charge is 0.467 e. The van der Waals surface area contributed by atoms with Gasteiger partial charge in [0, 0.05) is 48.4 Å². The minimum absolute atomic E-state index is 0.157. The first-order valence-electron chi connectivity index (χ1n) is 9.33. The number of rotatable bonds is 5. The van der Waals surface area contributed by atoms with Crippen LogP contribution in [0, 0.1) is 12.7 Å². The first kappa shape index (κ1) is 21.9. The summed E-state index contributed by atoms with van der Waals surface area (Å²) in [5, 5.41) is 9.06. The Hall–Kier alpha value is -2.78. The van der Waals surface area contributed by atoms with Gasteiger partial charge in [-0.05, 0) is 38.1 Å². The molecule has 1 aliphatic heterocycles. The van der Waals surface area contributed by atoms with Crippen molar-refractivity contribution in [1.29, 1.82) is 0 Å². The van der Waals surface area contributed by atoms with E-state index in [1.807, 2.05) is 40.1 Å². The third-order valence-corrected chi connectivity index (χ3v) is 5.02. The zero-order chi connectivity index (χ0) is 21.5. The predicted octanol–water partition coefficient (Wildman–Crippen LogP) is 4.00. The fourth-order valence-corrected chi connectivity index (χ4v) is 3.34. The topological polar surface area (TPSA) is 71.7 Å². The van der Waals surface area contributed by atoms with E-state index in [2.05, 4.69) is 20.2 Å². The summed E-state index contributed by atoms with van der Waals surface area (Å²) in [7, 11) is 3.74. The minimum atomic E-state index is -0.325. The van der Waals surface area contributed by atoms with E-state index in [9.17, 15) is 4.39 Å². The highest BCUT2D eigenvalue weighted by Gasteiger charge is 2.17. The van der Waals surface area contributed by atoms with E-state index in [0.717, 1.165) is 22.5 Å². The summed E-state index contributed by atoms with van der Waals surface area (Å²) in [5.41, 5.74) is 3.98. The molecule has 0 atom stereocenters. The molecule has 2 aromatic rings. The number of aromatic nitrogens is 1. The van der Waals surface area contributed by atoms with Crippen LogP contribution in [0.4, 0.5) is 4.39 Å². The van der Waals surface area contributed by atoms with Crippen LogP contribution in [0.3, 0.4) is 0 Å². The summed E-state index contributed by atoms with van der Waals surface area (Å²) in [6.07, 6.45) is 3.41. The van der Waals surface area contributed by atoms with E-state index in [1.54, 1.807) is 17.4 Å². The Bertz CT molecular complexity index is 974. The summed E-state index contributed by atoms with van der Waals surface area (Å²) < 4.78 is 24.8. The molecule has 0 unspecified atom stereocenters. The second-order valence-electron chi connectivity index (χ2n) is 6.92. The van der Waals surface area contributed by atoms with Crippen LogP contribution in [0.25, 0.3) is 0 Å². The Morgan fingerprint density at radius 2 is 2.13 bits per heavy atom. The van der Waals surface area contributed by atoms with Gasteiger partial charge in [0.2, 0.25) is 5.17 Å². The number of hydrogen-bond donors (Lipinski definition) is 0. The van der Waals surface area contributed by atoms with E-state index in [-0.39, 0.29) is 12.6 Å². The molecule has 0 amide bonds. The third kappa shape index (κ3) is 6.11. The van der Waals surface area contributed by atoms with Gasteiger partial charge in [0.25, 0.3) is 0 Å². The average molecular weight is 430 g/mol. The molecule has 0 N–H and O–H groups in total. The Balaban J connectivity index is 1.81. The lowest BCUT2D eigenvalue weighted by atomic mass is 10.1. The summed E-state index contributed by atoms with van der Waals surface area (Å²) in [4.78, 5) is 10.5. The normalized spacial score (nSPS) is 14.6. The van der Waals surface area contributed by atoms with Gasteiger partial charge in [0.15, 0.2) is 6.79 Å². The van der Waals surface area contributed by atoms with E-state index >= 15 is 0 Å². The molecule has 0 radical (unpaired) electrons. The monoisotopic (exact) mass is 429 g/mol. The van der Waals surface area contributed by atoms with Crippen molar-refractivity contribution in [3.8, 4) is 5.75 Å². The number of fused-ring (bicyclic) bond motifs is 1. The molecule has 3 rings (SSSR count). The van der Waals surface area contributed by atoms with Crippen molar-refractivity contribution in [3.63, 3.8) is 0 Å². The lowest BCUT2D eigenvalue weighted by molar-refractivity contribution is -0.0171. The van der Waals surface area contributed by atoms with Crippen molar-refractivity contribution in [3.05, 3.63) is 58.7 Å². The number of hydrogen-bond acceptors (Lipinski definition) is 6. The molecular weight excluding hydrogens is 405 g/mol. The van der Waals surface area contributed by atoms with Gasteiger partial charge in [-0.2, -0.15) is 5.10 Å². The molecule has 1 aliphatic rings. The van der Waals surface area contributed by atoms with Crippen molar-refractivity contribution in [2.24, 2.45) is 15.2 Å². The number of benzene rings is 1. The third-order valence-electron chi connectivity index (χ3n) is 4.12. The molecule has 158 valence electrons. The molecule has 1 aromatic heterocycles. The quantitative estimate of drug-likeness (QED) is 0.408. The zero-order valence-corrected chi connectivity index (χ0v) is 18.2. The first-order chi connectivity index (χ1) is 14.4. The highest BCUT2D eigenvalue weighted by Crippen LogP contribution is 2.32. The van der Waals surface area contributed by atoms with Crippen LogP contribution in [0.1, 0.15) is 29.3 Å². The summed E-state index contributed by atoms with van der Waals surface area (Å²) in [5.74, 6) is 0.774. The molecule has 9 heteroatoms. The van der Waals surface area contributed by atoms with Crippen LogP contribution >= 0.6 is 11.8 Å². The SMILES string of the molecule is C\C(=N/N=C(\N=C\N(C)C)SCc1cc(F)cc2c1OCOC2)c1ccc(C)nc1. The maximum atomic E-state index is 14.0. The second kappa shape index (κ2) is 10.3. The second-order valence-corrected chi connectivity index (χ2v) is 7.86. The Morgan fingerprint density at radius 1 is 1.30 bits per heavy atom. The fraction of sp³-hybridized carbons (Fsp3) is 0.333. The Kier molecular flexibility index (Phi) is 7.53. The van der Waals surface area contributed by atoms with Gasteiger partial charge in [0.05, 0.1) is 18.7 Å². The highest BCUT2D eigenvalue weighted by molar-refractivity contribution is 8.13. The Labute approximate surface area is 179 Å². The van der Waals surface area contributed by atoms with Crippen LogP contribution in [0.2, 0.25) is 0 Å². The molecule has 0 bridgehead atoms.